The van der Waals surface area contributed by atoms with Crippen LogP contribution in [0.3, 0.4) is 0 Å². The molecule has 2 heterocycles. The Hall–Kier alpha value is -1.14. The van der Waals surface area contributed by atoms with E-state index < -0.39 is 0 Å². The molecule has 0 spiro atoms. The Balaban J connectivity index is 2.14. The molecule has 0 saturated carbocycles. The zero-order chi connectivity index (χ0) is 14.5. The first-order valence-electron chi connectivity index (χ1n) is 6.95. The predicted molar refractivity (Wildman–Crippen MR) is 81.8 cm³/mol. The van der Waals surface area contributed by atoms with Crippen molar-refractivity contribution in [1.82, 2.24) is 9.88 Å². The second kappa shape index (κ2) is 7.04. The summed E-state index contributed by atoms with van der Waals surface area (Å²) >= 11 is 3.37. The lowest BCUT2D eigenvalue weighted by Gasteiger charge is -2.31. The van der Waals surface area contributed by atoms with Crippen LogP contribution in [0.15, 0.2) is 16.7 Å². The minimum atomic E-state index is 0.00568. The Kier molecular flexibility index (Phi) is 5.37. The van der Waals surface area contributed by atoms with E-state index in [1.165, 1.54) is 0 Å². The molecule has 1 aliphatic heterocycles. The van der Waals surface area contributed by atoms with Crippen molar-refractivity contribution in [2.24, 2.45) is 5.92 Å². The van der Waals surface area contributed by atoms with Gasteiger partial charge < -0.3 is 15.3 Å². The summed E-state index contributed by atoms with van der Waals surface area (Å²) in [5.74, 6) is 0.962. The van der Waals surface area contributed by atoms with E-state index >= 15 is 0 Å². The highest BCUT2D eigenvalue weighted by atomic mass is 79.9. The van der Waals surface area contributed by atoms with Crippen LogP contribution in [0.1, 0.15) is 30.1 Å². The van der Waals surface area contributed by atoms with E-state index in [0.29, 0.717) is 30.4 Å². The summed E-state index contributed by atoms with van der Waals surface area (Å²) in [6.07, 6.45) is 3.41. The highest BCUT2D eigenvalue weighted by Gasteiger charge is 2.25. The summed E-state index contributed by atoms with van der Waals surface area (Å²) in [5, 5.41) is 12.3. The molecular weight excluding hydrogens is 322 g/mol. The number of aliphatic hydroxyl groups excluding tert-OH is 1. The van der Waals surface area contributed by atoms with Crippen LogP contribution in [-0.4, -0.2) is 47.1 Å². The van der Waals surface area contributed by atoms with Gasteiger partial charge in [0.2, 0.25) is 0 Å². The number of aromatic nitrogens is 1. The van der Waals surface area contributed by atoms with E-state index in [9.17, 15) is 4.79 Å². The number of halogens is 1. The lowest BCUT2D eigenvalue weighted by molar-refractivity contribution is 0.0651. The van der Waals surface area contributed by atoms with E-state index in [0.717, 1.165) is 23.9 Å². The molecule has 1 aromatic rings. The van der Waals surface area contributed by atoms with Crippen molar-refractivity contribution in [2.45, 2.75) is 19.8 Å². The number of rotatable bonds is 4. The van der Waals surface area contributed by atoms with Gasteiger partial charge in [0, 0.05) is 36.9 Å². The maximum atomic E-state index is 12.6. The lowest BCUT2D eigenvalue weighted by atomic mass is 9.97. The molecule has 0 atom stereocenters. The molecule has 6 heteroatoms. The first kappa shape index (κ1) is 15.3. The van der Waals surface area contributed by atoms with Gasteiger partial charge in [-0.15, -0.1) is 0 Å². The zero-order valence-corrected chi connectivity index (χ0v) is 13.2. The molecule has 0 unspecified atom stereocenters. The summed E-state index contributed by atoms with van der Waals surface area (Å²) in [6, 6.07) is 1.81. The van der Waals surface area contributed by atoms with Gasteiger partial charge in [0.05, 0.1) is 5.56 Å². The van der Waals surface area contributed by atoms with Crippen LogP contribution in [-0.2, 0) is 0 Å². The molecular formula is C14H20BrN3O2. The summed E-state index contributed by atoms with van der Waals surface area (Å²) < 4.78 is 0.799. The SMILES string of the molecule is CCNc1ncc(Br)cc1C(=O)N1CCC(CO)CC1. The number of anilines is 1. The van der Waals surface area contributed by atoms with Crippen molar-refractivity contribution in [3.8, 4) is 0 Å². The van der Waals surface area contributed by atoms with Crippen LogP contribution in [0.25, 0.3) is 0 Å². The van der Waals surface area contributed by atoms with Gasteiger partial charge in [-0.25, -0.2) is 4.98 Å². The Morgan fingerprint density at radius 3 is 2.85 bits per heavy atom. The fraction of sp³-hybridized carbons (Fsp3) is 0.571. The molecule has 1 fully saturated rings. The molecule has 0 aliphatic carbocycles. The van der Waals surface area contributed by atoms with E-state index in [1.54, 1.807) is 6.20 Å². The third kappa shape index (κ3) is 3.49. The third-order valence-electron chi connectivity index (χ3n) is 3.59. The monoisotopic (exact) mass is 341 g/mol. The number of pyridine rings is 1. The van der Waals surface area contributed by atoms with Gasteiger partial charge in [0.25, 0.3) is 5.91 Å². The summed E-state index contributed by atoms with van der Waals surface area (Å²) in [4.78, 5) is 18.7. The fourth-order valence-corrected chi connectivity index (χ4v) is 2.73. The number of amides is 1. The predicted octanol–water partition coefficient (Wildman–Crippen LogP) is 2.12. The van der Waals surface area contributed by atoms with Gasteiger partial charge in [-0.3, -0.25) is 4.79 Å². The molecule has 5 nitrogen and oxygen atoms in total. The van der Waals surface area contributed by atoms with Crippen LogP contribution in [0.4, 0.5) is 5.82 Å². The average Bonchev–Trinajstić information content (AvgIpc) is 2.48. The molecule has 1 amide bonds. The number of carbonyl (C=O) groups excluding carboxylic acids is 1. The molecule has 1 aromatic heterocycles. The second-order valence-corrected chi connectivity index (χ2v) is 5.91. The summed E-state index contributed by atoms with van der Waals surface area (Å²) in [5.41, 5.74) is 0.601. The number of carbonyl (C=O) groups is 1. The van der Waals surface area contributed by atoms with E-state index in [2.05, 4.69) is 26.2 Å². The van der Waals surface area contributed by atoms with Gasteiger partial charge in [0.15, 0.2) is 0 Å². The molecule has 1 aliphatic rings. The molecule has 2 N–H and O–H groups in total. The van der Waals surface area contributed by atoms with Gasteiger partial charge in [-0.05, 0) is 47.7 Å². The number of hydrogen-bond acceptors (Lipinski definition) is 4. The Morgan fingerprint density at radius 1 is 1.55 bits per heavy atom. The van der Waals surface area contributed by atoms with Crippen LogP contribution >= 0.6 is 15.9 Å². The van der Waals surface area contributed by atoms with Gasteiger partial charge >= 0.3 is 0 Å². The number of piperidine rings is 1. The van der Waals surface area contributed by atoms with Crippen LogP contribution in [0, 0.1) is 5.92 Å². The standard InChI is InChI=1S/C14H20BrN3O2/c1-2-16-13-12(7-11(15)8-17-13)14(20)18-5-3-10(9-19)4-6-18/h7-8,10,19H,2-6,9H2,1H3,(H,16,17). The number of nitrogens with zero attached hydrogens (tertiary/aromatic N) is 2. The largest absolute Gasteiger partial charge is 0.396 e. The zero-order valence-electron chi connectivity index (χ0n) is 11.6. The van der Waals surface area contributed by atoms with Gasteiger partial charge in [0.1, 0.15) is 5.82 Å². The highest BCUT2D eigenvalue weighted by Crippen LogP contribution is 2.23. The van der Waals surface area contributed by atoms with Crippen LogP contribution < -0.4 is 5.32 Å². The van der Waals surface area contributed by atoms with Crippen LogP contribution in [0.2, 0.25) is 0 Å². The first-order valence-corrected chi connectivity index (χ1v) is 7.74. The molecule has 1 saturated heterocycles. The van der Waals surface area contributed by atoms with E-state index in [1.807, 2.05) is 17.9 Å². The summed E-state index contributed by atoms with van der Waals surface area (Å²) in [6.45, 7) is 4.31. The summed E-state index contributed by atoms with van der Waals surface area (Å²) in [7, 11) is 0. The number of likely N-dealkylation sites (tertiary alicyclic amines) is 1. The quantitative estimate of drug-likeness (QED) is 0.880. The molecule has 20 heavy (non-hydrogen) atoms. The minimum Gasteiger partial charge on any atom is -0.396 e. The fourth-order valence-electron chi connectivity index (χ4n) is 2.40. The molecule has 0 radical (unpaired) electrons. The van der Waals surface area contributed by atoms with Crippen molar-refractivity contribution in [2.75, 3.05) is 31.6 Å². The molecule has 110 valence electrons. The Labute approximate surface area is 127 Å². The maximum Gasteiger partial charge on any atom is 0.257 e. The van der Waals surface area contributed by atoms with Crippen molar-refractivity contribution in [3.63, 3.8) is 0 Å². The normalized spacial score (nSPS) is 16.2. The van der Waals surface area contributed by atoms with Crippen molar-refractivity contribution in [3.05, 3.63) is 22.3 Å². The number of nitrogens with one attached hydrogen (secondary N) is 1. The second-order valence-electron chi connectivity index (χ2n) is 5.00. The van der Waals surface area contributed by atoms with Gasteiger partial charge in [-0.1, -0.05) is 0 Å². The van der Waals surface area contributed by atoms with Crippen LogP contribution in [0.5, 0.6) is 0 Å². The minimum absolute atomic E-state index is 0.00568. The molecule has 0 aromatic carbocycles. The van der Waals surface area contributed by atoms with Gasteiger partial charge in [-0.2, -0.15) is 0 Å². The lowest BCUT2D eigenvalue weighted by Crippen LogP contribution is -2.39. The van der Waals surface area contributed by atoms with Crippen molar-refractivity contribution >= 4 is 27.7 Å². The third-order valence-corrected chi connectivity index (χ3v) is 4.02. The Morgan fingerprint density at radius 2 is 2.25 bits per heavy atom. The maximum absolute atomic E-state index is 12.6. The van der Waals surface area contributed by atoms with Crippen molar-refractivity contribution in [1.29, 1.82) is 0 Å². The smallest absolute Gasteiger partial charge is 0.257 e. The molecule has 0 bridgehead atoms. The topological polar surface area (TPSA) is 65.5 Å². The number of aliphatic hydroxyl groups is 1. The average molecular weight is 342 g/mol. The number of hydrogen-bond donors (Lipinski definition) is 2. The van der Waals surface area contributed by atoms with Crippen molar-refractivity contribution < 1.29 is 9.90 Å². The van der Waals surface area contributed by atoms with E-state index in [4.69, 9.17) is 5.11 Å². The molecule has 2 rings (SSSR count). The van der Waals surface area contributed by atoms with E-state index in [-0.39, 0.29) is 12.5 Å². The Bertz CT molecular complexity index is 473. The first-order chi connectivity index (χ1) is 9.65. The highest BCUT2D eigenvalue weighted by molar-refractivity contribution is 9.10.